The van der Waals surface area contributed by atoms with Crippen molar-refractivity contribution in [2.75, 3.05) is 6.61 Å². The molecule has 0 fully saturated rings. The molecule has 0 bridgehead atoms. The average molecular weight is 327 g/mol. The second-order valence-electron chi connectivity index (χ2n) is 3.87. The van der Waals surface area contributed by atoms with Crippen LogP contribution in [0.25, 0.3) is 0 Å². The molecule has 0 amide bonds. The number of thiophene rings is 1. The fourth-order valence-corrected chi connectivity index (χ4v) is 2.78. The van der Waals surface area contributed by atoms with Crippen molar-refractivity contribution in [3.05, 3.63) is 50.1 Å². The van der Waals surface area contributed by atoms with Crippen molar-refractivity contribution in [2.24, 2.45) is 0 Å². The molecule has 104 valence electrons. The quantitative estimate of drug-likeness (QED) is 0.845. The smallest absolute Gasteiger partial charge is 0.157 e. The van der Waals surface area contributed by atoms with Gasteiger partial charge in [0.2, 0.25) is 0 Å². The van der Waals surface area contributed by atoms with Crippen molar-refractivity contribution in [1.82, 2.24) is 0 Å². The first kappa shape index (κ1) is 15.2. The Labute approximate surface area is 131 Å². The van der Waals surface area contributed by atoms with Gasteiger partial charge in [0.1, 0.15) is 6.61 Å². The van der Waals surface area contributed by atoms with Crippen LogP contribution in [0.15, 0.2) is 29.6 Å². The van der Waals surface area contributed by atoms with E-state index >= 15 is 0 Å². The van der Waals surface area contributed by atoms with Gasteiger partial charge in [-0.15, -0.1) is 11.3 Å². The van der Waals surface area contributed by atoms with Crippen LogP contribution < -0.4 is 4.74 Å². The van der Waals surface area contributed by atoms with Crippen molar-refractivity contribution in [2.45, 2.75) is 13.0 Å². The molecule has 2 rings (SSSR count). The molecular weight excluding hydrogens is 315 g/mol. The number of halogens is 2. The van der Waals surface area contributed by atoms with Gasteiger partial charge in [-0.2, -0.15) is 0 Å². The maximum absolute atomic E-state index is 8.72. The molecule has 0 saturated heterocycles. The van der Waals surface area contributed by atoms with E-state index in [-0.39, 0.29) is 6.61 Å². The third kappa shape index (κ3) is 3.91. The Morgan fingerprint density at radius 3 is 2.65 bits per heavy atom. The molecule has 0 spiro atoms. The Kier molecular flexibility index (Phi) is 5.75. The van der Waals surface area contributed by atoms with E-state index < -0.39 is 0 Å². The Morgan fingerprint density at radius 1 is 1.20 bits per heavy atom. The SMILES string of the molecule is OCCC#Cc1ccsc1COc1c(Cl)cccc1Cl. The molecular formula is C15H12Cl2O2S. The fourth-order valence-electron chi connectivity index (χ4n) is 1.54. The molecule has 0 saturated carbocycles. The van der Waals surface area contributed by atoms with Crippen LogP contribution in [-0.2, 0) is 6.61 Å². The van der Waals surface area contributed by atoms with Crippen molar-refractivity contribution in [1.29, 1.82) is 0 Å². The zero-order valence-corrected chi connectivity index (χ0v) is 12.9. The largest absolute Gasteiger partial charge is 0.485 e. The van der Waals surface area contributed by atoms with Crippen LogP contribution in [0, 0.1) is 11.8 Å². The zero-order valence-electron chi connectivity index (χ0n) is 10.5. The lowest BCUT2D eigenvalue weighted by atomic mass is 10.2. The lowest BCUT2D eigenvalue weighted by molar-refractivity contribution is 0.305. The second-order valence-corrected chi connectivity index (χ2v) is 5.69. The Bertz CT molecular complexity index is 621. The minimum atomic E-state index is 0.0677. The molecule has 0 aliphatic carbocycles. The van der Waals surface area contributed by atoms with E-state index in [9.17, 15) is 0 Å². The third-order valence-electron chi connectivity index (χ3n) is 2.47. The number of hydrogen-bond acceptors (Lipinski definition) is 3. The highest BCUT2D eigenvalue weighted by molar-refractivity contribution is 7.10. The number of rotatable bonds is 4. The first-order valence-corrected chi connectivity index (χ1v) is 7.59. The molecule has 1 N–H and O–H groups in total. The third-order valence-corrected chi connectivity index (χ3v) is 3.96. The molecule has 1 heterocycles. The summed E-state index contributed by atoms with van der Waals surface area (Å²) < 4.78 is 5.69. The Hall–Kier alpha value is -1.18. The van der Waals surface area contributed by atoms with E-state index in [1.807, 2.05) is 11.4 Å². The van der Waals surface area contributed by atoms with Gasteiger partial charge < -0.3 is 9.84 Å². The zero-order chi connectivity index (χ0) is 14.4. The topological polar surface area (TPSA) is 29.5 Å². The summed E-state index contributed by atoms with van der Waals surface area (Å²) in [5.74, 6) is 6.40. The maximum Gasteiger partial charge on any atom is 0.157 e. The minimum absolute atomic E-state index is 0.0677. The van der Waals surface area contributed by atoms with Crippen molar-refractivity contribution < 1.29 is 9.84 Å². The van der Waals surface area contributed by atoms with Crippen LogP contribution in [0.5, 0.6) is 5.75 Å². The lowest BCUT2D eigenvalue weighted by Crippen LogP contribution is -1.96. The minimum Gasteiger partial charge on any atom is -0.485 e. The summed E-state index contributed by atoms with van der Waals surface area (Å²) in [7, 11) is 0. The van der Waals surface area contributed by atoms with E-state index in [1.165, 1.54) is 0 Å². The molecule has 0 atom stereocenters. The number of benzene rings is 1. The monoisotopic (exact) mass is 326 g/mol. The molecule has 0 unspecified atom stereocenters. The van der Waals surface area contributed by atoms with Crippen LogP contribution in [0.1, 0.15) is 16.9 Å². The van der Waals surface area contributed by atoms with Gasteiger partial charge in [0, 0.05) is 12.0 Å². The van der Waals surface area contributed by atoms with Gasteiger partial charge in [0.05, 0.1) is 21.5 Å². The molecule has 0 radical (unpaired) electrons. The van der Waals surface area contributed by atoms with Gasteiger partial charge in [-0.3, -0.25) is 0 Å². The van der Waals surface area contributed by atoms with Crippen molar-refractivity contribution in [3.8, 4) is 17.6 Å². The van der Waals surface area contributed by atoms with Gasteiger partial charge in [-0.25, -0.2) is 0 Å². The molecule has 0 aliphatic rings. The van der Waals surface area contributed by atoms with E-state index in [0.29, 0.717) is 28.8 Å². The van der Waals surface area contributed by atoms with Crippen LogP contribution in [-0.4, -0.2) is 11.7 Å². The summed E-state index contributed by atoms with van der Waals surface area (Å²) in [6.45, 7) is 0.433. The fraction of sp³-hybridized carbons (Fsp3) is 0.200. The van der Waals surface area contributed by atoms with Gasteiger partial charge in [-0.05, 0) is 23.6 Å². The van der Waals surface area contributed by atoms with Gasteiger partial charge >= 0.3 is 0 Å². The van der Waals surface area contributed by atoms with Crippen LogP contribution in [0.4, 0.5) is 0 Å². The molecule has 20 heavy (non-hydrogen) atoms. The molecule has 1 aromatic heterocycles. The van der Waals surface area contributed by atoms with Crippen LogP contribution in [0.2, 0.25) is 10.0 Å². The Morgan fingerprint density at radius 2 is 1.95 bits per heavy atom. The Balaban J connectivity index is 2.09. The molecule has 1 aromatic carbocycles. The number of para-hydroxylation sites is 1. The van der Waals surface area contributed by atoms with Crippen molar-refractivity contribution in [3.63, 3.8) is 0 Å². The van der Waals surface area contributed by atoms with Crippen LogP contribution in [0.3, 0.4) is 0 Å². The molecule has 5 heteroatoms. The summed E-state index contributed by atoms with van der Waals surface area (Å²) in [6, 6.07) is 7.18. The highest BCUT2D eigenvalue weighted by Crippen LogP contribution is 2.33. The normalized spacial score (nSPS) is 9.95. The first-order valence-electron chi connectivity index (χ1n) is 5.95. The van der Waals surface area contributed by atoms with Crippen molar-refractivity contribution >= 4 is 34.5 Å². The lowest BCUT2D eigenvalue weighted by Gasteiger charge is -2.08. The number of ether oxygens (including phenoxy) is 1. The van der Waals surface area contributed by atoms with E-state index in [4.69, 9.17) is 33.0 Å². The first-order chi connectivity index (χ1) is 9.72. The van der Waals surface area contributed by atoms with E-state index in [0.717, 1.165) is 10.4 Å². The number of aliphatic hydroxyl groups excluding tert-OH is 1. The molecule has 0 aliphatic heterocycles. The van der Waals surface area contributed by atoms with E-state index in [1.54, 1.807) is 29.5 Å². The highest BCUT2D eigenvalue weighted by atomic mass is 35.5. The van der Waals surface area contributed by atoms with Gasteiger partial charge in [-0.1, -0.05) is 41.1 Å². The second kappa shape index (κ2) is 7.56. The maximum atomic E-state index is 8.72. The predicted molar refractivity (Wildman–Crippen MR) is 83.7 cm³/mol. The van der Waals surface area contributed by atoms with Gasteiger partial charge in [0.15, 0.2) is 5.75 Å². The standard InChI is InChI=1S/C15H12Cl2O2S/c16-12-5-3-6-13(17)15(12)19-10-14-11(7-9-20-14)4-1-2-8-18/h3,5-7,9,18H,2,8,10H2. The summed E-state index contributed by atoms with van der Waals surface area (Å²) in [5.41, 5.74) is 0.909. The van der Waals surface area contributed by atoms with Gasteiger partial charge in [0.25, 0.3) is 0 Å². The van der Waals surface area contributed by atoms with Crippen LogP contribution >= 0.6 is 34.5 Å². The van der Waals surface area contributed by atoms with E-state index in [2.05, 4.69) is 11.8 Å². The molecule has 2 nitrogen and oxygen atoms in total. The molecule has 2 aromatic rings. The average Bonchev–Trinajstić information content (AvgIpc) is 2.86. The number of aliphatic hydroxyl groups is 1. The summed E-state index contributed by atoms with van der Waals surface area (Å²) >= 11 is 13.7. The predicted octanol–water partition coefficient (Wildman–Crippen LogP) is 4.37. The highest BCUT2D eigenvalue weighted by Gasteiger charge is 2.09. The summed E-state index contributed by atoms with van der Waals surface area (Å²) in [6.07, 6.45) is 0.465. The number of hydrogen-bond donors (Lipinski definition) is 1. The summed E-state index contributed by atoms with van der Waals surface area (Å²) in [4.78, 5) is 1.01. The summed E-state index contributed by atoms with van der Waals surface area (Å²) in [5, 5.41) is 11.7.